The summed E-state index contributed by atoms with van der Waals surface area (Å²) in [5, 5.41) is 3.88. The molecule has 2 aromatic carbocycles. The van der Waals surface area contributed by atoms with Crippen LogP contribution in [0.2, 0.25) is 0 Å². The zero-order chi connectivity index (χ0) is 21.5. The number of aryl methyl sites for hydroxylation is 1. The molecule has 158 valence electrons. The van der Waals surface area contributed by atoms with Crippen LogP contribution in [0.3, 0.4) is 0 Å². The Morgan fingerprint density at radius 1 is 1.06 bits per heavy atom. The predicted molar refractivity (Wildman–Crippen MR) is 122 cm³/mol. The Morgan fingerprint density at radius 2 is 1.81 bits per heavy atom. The second kappa shape index (κ2) is 7.74. The van der Waals surface area contributed by atoms with Gasteiger partial charge in [-0.1, -0.05) is 18.2 Å². The van der Waals surface area contributed by atoms with Crippen molar-refractivity contribution >= 4 is 28.1 Å². The lowest BCUT2D eigenvalue weighted by atomic mass is 9.98. The van der Waals surface area contributed by atoms with Crippen molar-refractivity contribution in [1.29, 1.82) is 0 Å². The van der Waals surface area contributed by atoms with Crippen LogP contribution >= 0.6 is 11.3 Å². The lowest BCUT2D eigenvalue weighted by molar-refractivity contribution is 0.0729. The topological polar surface area (TPSA) is 56.6 Å². The van der Waals surface area contributed by atoms with Gasteiger partial charge in [0.05, 0.1) is 19.9 Å². The van der Waals surface area contributed by atoms with E-state index in [1.165, 1.54) is 22.3 Å². The van der Waals surface area contributed by atoms with Crippen molar-refractivity contribution in [3.63, 3.8) is 0 Å². The van der Waals surface area contributed by atoms with Gasteiger partial charge in [-0.05, 0) is 41.8 Å². The summed E-state index contributed by atoms with van der Waals surface area (Å²) in [7, 11) is 5.29. The van der Waals surface area contributed by atoms with Crippen LogP contribution in [0.4, 0.5) is 0 Å². The Kier molecular flexibility index (Phi) is 4.90. The van der Waals surface area contributed by atoms with Crippen molar-refractivity contribution in [2.24, 2.45) is 7.05 Å². The van der Waals surface area contributed by atoms with E-state index in [1.54, 1.807) is 14.2 Å². The summed E-state index contributed by atoms with van der Waals surface area (Å²) in [6.45, 7) is 1.19. The van der Waals surface area contributed by atoms with Crippen molar-refractivity contribution < 1.29 is 14.3 Å². The highest BCUT2D eigenvalue weighted by molar-refractivity contribution is 7.13. The van der Waals surface area contributed by atoms with Crippen LogP contribution in [0, 0.1) is 0 Å². The Labute approximate surface area is 184 Å². The van der Waals surface area contributed by atoms with Gasteiger partial charge in [0, 0.05) is 36.4 Å². The number of hydrogen-bond donors (Lipinski definition) is 0. The molecule has 0 saturated carbocycles. The maximum Gasteiger partial charge on any atom is 0.273 e. The van der Waals surface area contributed by atoms with Crippen LogP contribution in [-0.2, 0) is 20.0 Å². The third-order valence-electron chi connectivity index (χ3n) is 5.90. The number of benzene rings is 2. The van der Waals surface area contributed by atoms with Crippen molar-refractivity contribution in [1.82, 2.24) is 14.5 Å². The number of methoxy groups -OCH3 is 2. The van der Waals surface area contributed by atoms with E-state index in [2.05, 4.69) is 22.8 Å². The third kappa shape index (κ3) is 3.35. The van der Waals surface area contributed by atoms with Gasteiger partial charge in [-0.25, -0.2) is 4.98 Å². The molecule has 0 atom stereocenters. The minimum Gasteiger partial charge on any atom is -0.493 e. The van der Waals surface area contributed by atoms with E-state index in [-0.39, 0.29) is 5.91 Å². The summed E-state index contributed by atoms with van der Waals surface area (Å²) >= 11 is 1.51. The lowest BCUT2D eigenvalue weighted by Gasteiger charge is -2.29. The number of ether oxygens (including phenoxy) is 2. The summed E-state index contributed by atoms with van der Waals surface area (Å²) in [5.41, 5.74) is 4.94. The number of nitrogens with zero attached hydrogens (tertiary/aromatic N) is 3. The predicted octanol–water partition coefficient (Wildman–Crippen LogP) is 4.52. The molecule has 0 radical (unpaired) electrons. The van der Waals surface area contributed by atoms with E-state index in [0.717, 1.165) is 34.0 Å². The van der Waals surface area contributed by atoms with E-state index in [9.17, 15) is 4.79 Å². The molecule has 4 aromatic rings. The van der Waals surface area contributed by atoms with Crippen LogP contribution in [0.25, 0.3) is 21.6 Å². The molecular weight excluding hydrogens is 410 g/mol. The average molecular weight is 434 g/mol. The van der Waals surface area contributed by atoms with E-state index in [0.29, 0.717) is 24.5 Å². The zero-order valence-electron chi connectivity index (χ0n) is 17.7. The first-order chi connectivity index (χ1) is 15.1. The third-order valence-corrected chi connectivity index (χ3v) is 6.76. The zero-order valence-corrected chi connectivity index (χ0v) is 18.5. The standard InChI is InChI=1S/C24H23N3O3S/c1-26-19-7-5-4-6-16(19)10-20(26)23-25-18(14-31-23)24(28)27-9-8-15-11-21(29-2)22(30-3)12-17(15)13-27/h4-7,10-12,14H,8-9,13H2,1-3H3. The number of aromatic nitrogens is 2. The molecule has 0 bridgehead atoms. The summed E-state index contributed by atoms with van der Waals surface area (Å²) in [6.07, 6.45) is 0.779. The Morgan fingerprint density at radius 3 is 2.55 bits per heavy atom. The number of rotatable bonds is 4. The van der Waals surface area contributed by atoms with Gasteiger partial charge in [0.15, 0.2) is 11.5 Å². The van der Waals surface area contributed by atoms with E-state index in [1.807, 2.05) is 41.6 Å². The fourth-order valence-electron chi connectivity index (χ4n) is 4.20. The van der Waals surface area contributed by atoms with Gasteiger partial charge in [-0.15, -0.1) is 11.3 Å². The molecule has 1 aliphatic rings. The highest BCUT2D eigenvalue weighted by Crippen LogP contribution is 2.34. The molecular formula is C24H23N3O3S. The minimum atomic E-state index is -0.0401. The Hall–Kier alpha value is -3.32. The summed E-state index contributed by atoms with van der Waals surface area (Å²) in [5.74, 6) is 1.36. The van der Waals surface area contributed by atoms with Crippen molar-refractivity contribution in [3.8, 4) is 22.2 Å². The number of fused-ring (bicyclic) bond motifs is 2. The number of thiazole rings is 1. The summed E-state index contributed by atoms with van der Waals surface area (Å²) in [6, 6.07) is 14.3. The van der Waals surface area contributed by atoms with Gasteiger partial charge >= 0.3 is 0 Å². The molecule has 2 aromatic heterocycles. The molecule has 1 amide bonds. The average Bonchev–Trinajstić information content (AvgIpc) is 3.42. The number of amides is 1. The molecule has 0 fully saturated rings. The van der Waals surface area contributed by atoms with Gasteiger partial charge < -0.3 is 18.9 Å². The molecule has 1 aliphatic heterocycles. The molecule has 31 heavy (non-hydrogen) atoms. The molecule has 5 rings (SSSR count). The number of hydrogen-bond acceptors (Lipinski definition) is 5. The second-order valence-electron chi connectivity index (χ2n) is 7.64. The maximum atomic E-state index is 13.2. The smallest absolute Gasteiger partial charge is 0.273 e. The van der Waals surface area contributed by atoms with Crippen LogP contribution in [0.1, 0.15) is 21.6 Å². The first-order valence-corrected chi connectivity index (χ1v) is 11.0. The molecule has 6 nitrogen and oxygen atoms in total. The van der Waals surface area contributed by atoms with E-state index in [4.69, 9.17) is 14.5 Å². The van der Waals surface area contributed by atoms with Crippen molar-refractivity contribution in [2.75, 3.05) is 20.8 Å². The molecule has 0 N–H and O–H groups in total. The van der Waals surface area contributed by atoms with Gasteiger partial charge in [0.25, 0.3) is 5.91 Å². The summed E-state index contributed by atoms with van der Waals surface area (Å²) < 4.78 is 13.0. The van der Waals surface area contributed by atoms with Crippen LogP contribution < -0.4 is 9.47 Å². The van der Waals surface area contributed by atoms with E-state index >= 15 is 0 Å². The molecule has 7 heteroatoms. The van der Waals surface area contributed by atoms with Crippen LogP contribution in [0.15, 0.2) is 47.8 Å². The SMILES string of the molecule is COc1cc2c(cc1OC)CN(C(=O)c1csc(-c3cc4ccccc4n3C)n1)CC2. The molecule has 0 spiro atoms. The van der Waals surface area contributed by atoms with Gasteiger partial charge in [0.1, 0.15) is 10.7 Å². The highest BCUT2D eigenvalue weighted by atomic mass is 32.1. The molecule has 0 unspecified atom stereocenters. The first kappa shape index (κ1) is 19.6. The normalized spacial score (nSPS) is 13.3. The Bertz CT molecular complexity index is 1290. The maximum absolute atomic E-state index is 13.2. The minimum absolute atomic E-state index is 0.0401. The fraction of sp³-hybridized carbons (Fsp3) is 0.250. The molecule has 0 aliphatic carbocycles. The molecule has 3 heterocycles. The Balaban J connectivity index is 1.40. The largest absolute Gasteiger partial charge is 0.493 e. The molecule has 0 saturated heterocycles. The fourth-order valence-corrected chi connectivity index (χ4v) is 5.05. The van der Waals surface area contributed by atoms with Crippen LogP contribution in [0.5, 0.6) is 11.5 Å². The lowest BCUT2D eigenvalue weighted by Crippen LogP contribution is -2.36. The van der Waals surface area contributed by atoms with Crippen molar-refractivity contribution in [2.45, 2.75) is 13.0 Å². The monoisotopic (exact) mass is 433 g/mol. The van der Waals surface area contributed by atoms with E-state index < -0.39 is 0 Å². The van der Waals surface area contributed by atoms with Crippen LogP contribution in [-0.4, -0.2) is 41.1 Å². The number of carbonyl (C=O) groups is 1. The highest BCUT2D eigenvalue weighted by Gasteiger charge is 2.25. The quantitative estimate of drug-likeness (QED) is 0.475. The van der Waals surface area contributed by atoms with Crippen molar-refractivity contribution in [3.05, 3.63) is 64.7 Å². The van der Waals surface area contributed by atoms with Gasteiger partial charge in [-0.3, -0.25) is 4.79 Å². The first-order valence-electron chi connectivity index (χ1n) is 10.1. The van der Waals surface area contributed by atoms with Gasteiger partial charge in [-0.2, -0.15) is 0 Å². The van der Waals surface area contributed by atoms with Gasteiger partial charge in [0.2, 0.25) is 0 Å². The second-order valence-corrected chi connectivity index (χ2v) is 8.50. The number of carbonyl (C=O) groups excluding carboxylic acids is 1. The summed E-state index contributed by atoms with van der Waals surface area (Å²) in [4.78, 5) is 19.7. The number of para-hydroxylation sites is 1.